The lowest BCUT2D eigenvalue weighted by molar-refractivity contribution is -0.118. The Morgan fingerprint density at radius 2 is 1.65 bits per heavy atom. The number of rotatable bonds is 11. The maximum atomic E-state index is 12.3. The minimum atomic E-state index is -0.256. The maximum absolute atomic E-state index is 12.3. The molecule has 0 fully saturated rings. The Morgan fingerprint density at radius 3 is 2.33 bits per heavy atom. The van der Waals surface area contributed by atoms with Gasteiger partial charge >= 0.3 is 0 Å². The van der Waals surface area contributed by atoms with Crippen molar-refractivity contribution in [2.45, 2.75) is 24.4 Å². The summed E-state index contributed by atoms with van der Waals surface area (Å²) < 4.78 is 14.7. The molecule has 0 saturated carbocycles. The van der Waals surface area contributed by atoms with Gasteiger partial charge in [-0.3, -0.25) is 14.0 Å². The first kappa shape index (κ1) is 27.0. The number of thioether (sulfide) groups is 1. The Balaban J connectivity index is 1.29. The van der Waals surface area contributed by atoms with Gasteiger partial charge in [0.2, 0.25) is 0 Å². The summed E-state index contributed by atoms with van der Waals surface area (Å²) in [7, 11) is 3.44. The average molecular weight is 555 g/mol. The van der Waals surface area contributed by atoms with Gasteiger partial charge in [-0.05, 0) is 54.4 Å². The second kappa shape index (κ2) is 12.5. The van der Waals surface area contributed by atoms with Gasteiger partial charge in [0.25, 0.3) is 5.91 Å². The molecule has 5 aromatic rings. The lowest BCUT2D eigenvalue weighted by Gasteiger charge is -2.12. The predicted molar refractivity (Wildman–Crippen MR) is 156 cm³/mol. The fourth-order valence-electron chi connectivity index (χ4n) is 4.14. The largest absolute Gasteiger partial charge is 0.497 e. The van der Waals surface area contributed by atoms with Gasteiger partial charge in [-0.15, -0.1) is 10.2 Å². The average Bonchev–Trinajstić information content (AvgIpc) is 3.52. The fraction of sp³-hybridized carbons (Fsp3) is 0.200. The molecule has 3 aromatic carbocycles. The number of carbonyl (C=O) groups is 1. The summed E-state index contributed by atoms with van der Waals surface area (Å²) in [5.74, 6) is 3.30. The second-order valence-electron chi connectivity index (χ2n) is 9.17. The Morgan fingerprint density at radius 1 is 0.925 bits per heavy atom. The van der Waals surface area contributed by atoms with Gasteiger partial charge in [0.15, 0.2) is 17.6 Å². The Bertz CT molecular complexity index is 1560. The van der Waals surface area contributed by atoms with Crippen molar-refractivity contribution in [3.63, 3.8) is 0 Å². The van der Waals surface area contributed by atoms with Crippen LogP contribution in [0.5, 0.6) is 11.5 Å². The topological polar surface area (TPSA) is 96.1 Å². The SMILES string of the molecule is COc1ccc(CSc2nnc(-c3ccc(OCC(=O)Nc4cc(C)nn4C)cc3)n2Cc2ccccc2)cc1. The van der Waals surface area contributed by atoms with Gasteiger partial charge in [0.05, 0.1) is 19.3 Å². The summed E-state index contributed by atoms with van der Waals surface area (Å²) in [6.45, 7) is 2.40. The molecule has 204 valence electrons. The zero-order valence-corrected chi connectivity index (χ0v) is 23.4. The van der Waals surface area contributed by atoms with Gasteiger partial charge in [-0.2, -0.15) is 5.10 Å². The summed E-state index contributed by atoms with van der Waals surface area (Å²) in [5, 5.41) is 16.9. The first-order valence-corrected chi connectivity index (χ1v) is 13.7. The second-order valence-corrected chi connectivity index (χ2v) is 10.1. The van der Waals surface area contributed by atoms with Gasteiger partial charge in [-0.1, -0.05) is 54.2 Å². The summed E-state index contributed by atoms with van der Waals surface area (Å²) in [5.41, 5.74) is 4.06. The highest BCUT2D eigenvalue weighted by Gasteiger charge is 2.16. The van der Waals surface area contributed by atoms with Crippen LogP contribution in [0.2, 0.25) is 0 Å². The van der Waals surface area contributed by atoms with Crippen LogP contribution in [0.4, 0.5) is 5.82 Å². The van der Waals surface area contributed by atoms with Gasteiger partial charge in [0.1, 0.15) is 17.3 Å². The first-order chi connectivity index (χ1) is 19.5. The van der Waals surface area contributed by atoms with E-state index < -0.39 is 0 Å². The third kappa shape index (κ3) is 6.70. The van der Waals surface area contributed by atoms with E-state index >= 15 is 0 Å². The smallest absolute Gasteiger partial charge is 0.263 e. The molecular weight excluding hydrogens is 524 g/mol. The standard InChI is InChI=1S/C30H30N6O3S/c1-21-17-27(35(2)34-21)31-28(37)19-39-26-15-11-24(12-16-26)29-32-33-30(36(29)18-22-7-5-4-6-8-22)40-20-23-9-13-25(38-3)14-10-23/h4-17H,18-20H2,1-3H3,(H,31,37). The zero-order valence-electron chi connectivity index (χ0n) is 22.6. The van der Waals surface area contributed by atoms with Crippen LogP contribution in [0.15, 0.2) is 90.1 Å². The van der Waals surface area contributed by atoms with Crippen molar-refractivity contribution >= 4 is 23.5 Å². The fourth-order valence-corrected chi connectivity index (χ4v) is 5.04. The molecule has 0 atom stereocenters. The van der Waals surface area contributed by atoms with E-state index in [1.807, 2.05) is 67.6 Å². The molecule has 0 aliphatic rings. The van der Waals surface area contributed by atoms with Gasteiger partial charge < -0.3 is 14.8 Å². The van der Waals surface area contributed by atoms with Crippen molar-refractivity contribution in [2.24, 2.45) is 7.05 Å². The molecule has 1 N–H and O–H groups in total. The zero-order chi connectivity index (χ0) is 27.9. The minimum Gasteiger partial charge on any atom is -0.497 e. The number of carbonyl (C=O) groups excluding carboxylic acids is 1. The number of hydrogen-bond donors (Lipinski definition) is 1. The summed E-state index contributed by atoms with van der Waals surface area (Å²) in [4.78, 5) is 12.3. The number of hydrogen-bond acceptors (Lipinski definition) is 7. The van der Waals surface area contributed by atoms with Crippen molar-refractivity contribution in [1.29, 1.82) is 0 Å². The normalized spacial score (nSPS) is 10.9. The molecule has 0 bridgehead atoms. The van der Waals surface area contributed by atoms with E-state index in [0.717, 1.165) is 39.3 Å². The molecule has 9 nitrogen and oxygen atoms in total. The van der Waals surface area contributed by atoms with E-state index in [9.17, 15) is 4.79 Å². The van der Waals surface area contributed by atoms with Crippen LogP contribution in [0.25, 0.3) is 11.4 Å². The third-order valence-electron chi connectivity index (χ3n) is 6.18. The highest BCUT2D eigenvalue weighted by molar-refractivity contribution is 7.98. The Hall–Kier alpha value is -4.57. The molecular formula is C30H30N6O3S. The van der Waals surface area contributed by atoms with Crippen LogP contribution in [0, 0.1) is 6.92 Å². The number of methoxy groups -OCH3 is 1. The van der Waals surface area contributed by atoms with E-state index in [2.05, 4.69) is 49.4 Å². The first-order valence-electron chi connectivity index (χ1n) is 12.7. The van der Waals surface area contributed by atoms with Crippen molar-refractivity contribution in [1.82, 2.24) is 24.5 Å². The van der Waals surface area contributed by atoms with Crippen molar-refractivity contribution < 1.29 is 14.3 Å². The third-order valence-corrected chi connectivity index (χ3v) is 7.22. The van der Waals surface area contributed by atoms with Crippen LogP contribution in [0.1, 0.15) is 16.8 Å². The number of amides is 1. The van der Waals surface area contributed by atoms with E-state index in [1.54, 1.807) is 30.6 Å². The summed E-state index contributed by atoms with van der Waals surface area (Å²) in [6.07, 6.45) is 0. The van der Waals surface area contributed by atoms with Crippen molar-refractivity contribution in [3.05, 3.63) is 102 Å². The molecule has 0 spiro atoms. The quantitative estimate of drug-likeness (QED) is 0.220. The van der Waals surface area contributed by atoms with Crippen molar-refractivity contribution in [3.8, 4) is 22.9 Å². The number of aryl methyl sites for hydroxylation is 2. The number of aromatic nitrogens is 5. The number of nitrogens with zero attached hydrogens (tertiary/aromatic N) is 5. The van der Waals surface area contributed by atoms with E-state index in [-0.39, 0.29) is 12.5 Å². The number of benzene rings is 3. The summed E-state index contributed by atoms with van der Waals surface area (Å²) in [6, 6.07) is 27.6. The van der Waals surface area contributed by atoms with Crippen LogP contribution in [-0.2, 0) is 24.1 Å². The molecule has 0 unspecified atom stereocenters. The highest BCUT2D eigenvalue weighted by Crippen LogP contribution is 2.29. The Kier molecular flexibility index (Phi) is 8.46. The molecule has 0 aliphatic carbocycles. The lowest BCUT2D eigenvalue weighted by atomic mass is 10.2. The van der Waals surface area contributed by atoms with E-state index in [0.29, 0.717) is 18.1 Å². The highest BCUT2D eigenvalue weighted by atomic mass is 32.2. The predicted octanol–water partition coefficient (Wildman–Crippen LogP) is 5.35. The minimum absolute atomic E-state index is 0.111. The molecule has 0 aliphatic heterocycles. The summed E-state index contributed by atoms with van der Waals surface area (Å²) >= 11 is 1.64. The molecule has 40 heavy (non-hydrogen) atoms. The van der Waals surface area contributed by atoms with E-state index in [1.165, 1.54) is 5.56 Å². The van der Waals surface area contributed by atoms with Crippen LogP contribution >= 0.6 is 11.8 Å². The number of ether oxygens (including phenoxy) is 2. The maximum Gasteiger partial charge on any atom is 0.263 e. The van der Waals surface area contributed by atoms with Crippen LogP contribution in [-0.4, -0.2) is 44.2 Å². The van der Waals surface area contributed by atoms with E-state index in [4.69, 9.17) is 9.47 Å². The van der Waals surface area contributed by atoms with Gasteiger partial charge in [0, 0.05) is 24.4 Å². The number of nitrogens with one attached hydrogen (secondary N) is 1. The molecule has 10 heteroatoms. The molecule has 0 saturated heterocycles. The van der Waals surface area contributed by atoms with Crippen LogP contribution < -0.4 is 14.8 Å². The molecule has 0 radical (unpaired) electrons. The Labute approximate surface area is 237 Å². The molecule has 5 rings (SSSR count). The van der Waals surface area contributed by atoms with Gasteiger partial charge in [-0.25, -0.2) is 0 Å². The molecule has 1 amide bonds. The monoisotopic (exact) mass is 554 g/mol. The lowest BCUT2D eigenvalue weighted by Crippen LogP contribution is -2.21. The van der Waals surface area contributed by atoms with Crippen molar-refractivity contribution in [2.75, 3.05) is 19.0 Å². The van der Waals surface area contributed by atoms with Crippen LogP contribution in [0.3, 0.4) is 0 Å². The molecule has 2 aromatic heterocycles. The number of anilines is 1. The molecule has 2 heterocycles.